The van der Waals surface area contributed by atoms with E-state index in [0.29, 0.717) is 6.42 Å². The Morgan fingerprint density at radius 3 is 2.30 bits per heavy atom. The number of amides is 1. The molecular weight excluding hydrogens is 296 g/mol. The summed E-state index contributed by atoms with van der Waals surface area (Å²) in [6.45, 7) is 9.23. The van der Waals surface area contributed by atoms with Gasteiger partial charge < -0.3 is 14.8 Å². The lowest BCUT2D eigenvalue weighted by Gasteiger charge is -2.29. The van der Waals surface area contributed by atoms with Crippen molar-refractivity contribution in [1.82, 2.24) is 5.32 Å². The topological polar surface area (TPSA) is 88.4 Å². The quantitative estimate of drug-likeness (QED) is 0.727. The summed E-state index contributed by atoms with van der Waals surface area (Å²) in [7, 11) is 0. The molecule has 130 valence electrons. The predicted molar refractivity (Wildman–Crippen MR) is 85.5 cm³/mol. The fourth-order valence-electron chi connectivity index (χ4n) is 2.60. The summed E-state index contributed by atoms with van der Waals surface area (Å²) >= 11 is 0. The summed E-state index contributed by atoms with van der Waals surface area (Å²) < 4.78 is 10.4. The van der Waals surface area contributed by atoms with E-state index < -0.39 is 23.1 Å². The number of alkyl carbamates (subject to hydrolysis) is 1. The van der Waals surface area contributed by atoms with Gasteiger partial charge in [-0.15, -0.1) is 0 Å². The van der Waals surface area contributed by atoms with Crippen LogP contribution >= 0.6 is 0 Å². The summed E-state index contributed by atoms with van der Waals surface area (Å²) in [5.41, 5.74) is -1.77. The van der Waals surface area contributed by atoms with Crippen molar-refractivity contribution in [2.45, 2.75) is 71.9 Å². The van der Waals surface area contributed by atoms with E-state index in [1.807, 2.05) is 6.92 Å². The lowest BCUT2D eigenvalue weighted by Crippen LogP contribution is -2.45. The molecular formula is C17H28N2O4. The highest BCUT2D eigenvalue weighted by Crippen LogP contribution is 2.49. The number of esters is 1. The molecule has 0 aliphatic heterocycles. The smallest absolute Gasteiger partial charge is 0.407 e. The van der Waals surface area contributed by atoms with Crippen LogP contribution in [0.4, 0.5) is 4.79 Å². The zero-order chi connectivity index (χ0) is 17.7. The molecule has 0 aromatic carbocycles. The van der Waals surface area contributed by atoms with Gasteiger partial charge in [0.2, 0.25) is 0 Å². The van der Waals surface area contributed by atoms with E-state index in [9.17, 15) is 14.9 Å². The zero-order valence-corrected chi connectivity index (χ0v) is 14.8. The molecule has 1 aliphatic carbocycles. The molecule has 0 heterocycles. The van der Waals surface area contributed by atoms with Gasteiger partial charge in [0.1, 0.15) is 5.60 Å². The van der Waals surface area contributed by atoms with E-state index >= 15 is 0 Å². The summed E-state index contributed by atoms with van der Waals surface area (Å²) in [5.74, 6) is -0.463. The van der Waals surface area contributed by atoms with Gasteiger partial charge in [-0.2, -0.15) is 5.26 Å². The Hall–Kier alpha value is -1.77. The van der Waals surface area contributed by atoms with Crippen LogP contribution in [0.2, 0.25) is 0 Å². The Kier molecular flexibility index (Phi) is 6.43. The van der Waals surface area contributed by atoms with E-state index in [2.05, 4.69) is 11.4 Å². The first-order valence-electron chi connectivity index (χ1n) is 8.26. The van der Waals surface area contributed by atoms with Gasteiger partial charge in [0.15, 0.2) is 5.41 Å². The third kappa shape index (κ3) is 5.42. The van der Waals surface area contributed by atoms with Crippen LogP contribution < -0.4 is 5.32 Å². The van der Waals surface area contributed by atoms with Crippen LogP contribution in [0.1, 0.15) is 60.3 Å². The molecule has 0 aromatic rings. The van der Waals surface area contributed by atoms with E-state index in [1.165, 1.54) is 0 Å². The van der Waals surface area contributed by atoms with Gasteiger partial charge in [-0.05, 0) is 59.3 Å². The molecule has 1 amide bonds. The average Bonchev–Trinajstić information content (AvgIpc) is 3.26. The Bertz CT molecular complexity index is 474. The standard InChI is InChI=1S/C17H28N2O4/c1-6-13(19-15(21)23-16(3,4)5)10-17(11-18,12-8-9-12)14(20)22-7-2/h12-13H,6-10H2,1-5H3,(H,19,21)/t13-,17?/m0/s1. The molecule has 2 atom stereocenters. The van der Waals surface area contributed by atoms with E-state index in [4.69, 9.17) is 9.47 Å². The molecule has 0 spiro atoms. The lowest BCUT2D eigenvalue weighted by atomic mass is 9.77. The monoisotopic (exact) mass is 324 g/mol. The minimum absolute atomic E-state index is 0.0148. The second-order valence-electron chi connectivity index (χ2n) is 7.03. The van der Waals surface area contributed by atoms with Gasteiger partial charge in [0.25, 0.3) is 0 Å². The molecule has 1 aliphatic rings. The first kappa shape index (κ1) is 19.3. The van der Waals surface area contributed by atoms with Crippen LogP contribution in [0.3, 0.4) is 0 Å². The Morgan fingerprint density at radius 1 is 1.30 bits per heavy atom. The number of nitrogens with zero attached hydrogens (tertiary/aromatic N) is 1. The van der Waals surface area contributed by atoms with Crippen LogP contribution in [-0.4, -0.2) is 30.3 Å². The van der Waals surface area contributed by atoms with Gasteiger partial charge in [0, 0.05) is 6.04 Å². The number of carbonyl (C=O) groups is 2. The highest BCUT2D eigenvalue weighted by molar-refractivity contribution is 5.81. The van der Waals surface area contributed by atoms with Crippen molar-refractivity contribution < 1.29 is 19.1 Å². The number of ether oxygens (including phenoxy) is 2. The van der Waals surface area contributed by atoms with Crippen LogP contribution in [0, 0.1) is 22.7 Å². The number of carbonyl (C=O) groups excluding carboxylic acids is 2. The fourth-order valence-corrected chi connectivity index (χ4v) is 2.60. The lowest BCUT2D eigenvalue weighted by molar-refractivity contribution is -0.154. The van der Waals surface area contributed by atoms with Gasteiger partial charge in [-0.1, -0.05) is 6.92 Å². The highest BCUT2D eigenvalue weighted by Gasteiger charge is 2.53. The molecule has 0 saturated heterocycles. The molecule has 0 radical (unpaired) electrons. The molecule has 1 N–H and O–H groups in total. The molecule has 0 aromatic heterocycles. The van der Waals surface area contributed by atoms with Gasteiger partial charge in [-0.25, -0.2) is 4.79 Å². The number of rotatable bonds is 7. The highest BCUT2D eigenvalue weighted by atomic mass is 16.6. The minimum atomic E-state index is -1.17. The Labute approximate surface area is 138 Å². The van der Waals surface area contributed by atoms with Crippen LogP contribution in [0.15, 0.2) is 0 Å². The second kappa shape index (κ2) is 7.67. The summed E-state index contributed by atoms with van der Waals surface area (Å²) in [4.78, 5) is 24.3. The average molecular weight is 324 g/mol. The van der Waals surface area contributed by atoms with Crippen LogP contribution in [-0.2, 0) is 14.3 Å². The van der Waals surface area contributed by atoms with Crippen molar-refractivity contribution in [2.75, 3.05) is 6.61 Å². The molecule has 6 nitrogen and oxygen atoms in total. The SMILES string of the molecule is CCOC(=O)C(C#N)(C[C@H](CC)NC(=O)OC(C)(C)C)C1CC1. The van der Waals surface area contributed by atoms with Crippen molar-refractivity contribution in [2.24, 2.45) is 11.3 Å². The van der Waals surface area contributed by atoms with Gasteiger partial charge in [-0.3, -0.25) is 4.79 Å². The third-order valence-corrected chi connectivity index (χ3v) is 3.90. The molecule has 6 heteroatoms. The maximum atomic E-state index is 12.4. The van der Waals surface area contributed by atoms with Crippen molar-refractivity contribution in [1.29, 1.82) is 5.26 Å². The molecule has 0 bridgehead atoms. The minimum Gasteiger partial charge on any atom is -0.465 e. The molecule has 1 rings (SSSR count). The maximum absolute atomic E-state index is 12.4. The summed E-state index contributed by atoms with van der Waals surface area (Å²) in [6.07, 6.45) is 2.01. The van der Waals surface area contributed by atoms with Crippen molar-refractivity contribution >= 4 is 12.1 Å². The Balaban J connectivity index is 2.82. The molecule has 1 unspecified atom stereocenters. The normalized spacial score (nSPS) is 18.3. The van der Waals surface area contributed by atoms with E-state index in [1.54, 1.807) is 27.7 Å². The first-order chi connectivity index (χ1) is 10.7. The van der Waals surface area contributed by atoms with Crippen LogP contribution in [0.5, 0.6) is 0 Å². The van der Waals surface area contributed by atoms with Crippen molar-refractivity contribution in [3.05, 3.63) is 0 Å². The number of nitriles is 1. The first-order valence-corrected chi connectivity index (χ1v) is 8.26. The summed E-state index contributed by atoms with van der Waals surface area (Å²) in [5, 5.41) is 12.4. The van der Waals surface area contributed by atoms with Gasteiger partial charge in [0.05, 0.1) is 12.7 Å². The summed E-state index contributed by atoms with van der Waals surface area (Å²) in [6, 6.07) is 1.87. The van der Waals surface area contributed by atoms with Crippen LogP contribution in [0.25, 0.3) is 0 Å². The zero-order valence-electron chi connectivity index (χ0n) is 14.8. The fraction of sp³-hybridized carbons (Fsp3) is 0.824. The second-order valence-corrected chi connectivity index (χ2v) is 7.03. The number of hydrogen-bond acceptors (Lipinski definition) is 5. The molecule has 23 heavy (non-hydrogen) atoms. The largest absolute Gasteiger partial charge is 0.465 e. The van der Waals surface area contributed by atoms with E-state index in [0.717, 1.165) is 12.8 Å². The third-order valence-electron chi connectivity index (χ3n) is 3.90. The predicted octanol–water partition coefficient (Wildman–Crippen LogP) is 3.16. The Morgan fingerprint density at radius 2 is 1.91 bits per heavy atom. The molecule has 1 fully saturated rings. The van der Waals surface area contributed by atoms with E-state index in [-0.39, 0.29) is 25.0 Å². The van der Waals surface area contributed by atoms with Crippen molar-refractivity contribution in [3.63, 3.8) is 0 Å². The molecule has 1 saturated carbocycles. The van der Waals surface area contributed by atoms with Gasteiger partial charge >= 0.3 is 12.1 Å². The number of hydrogen-bond donors (Lipinski definition) is 1. The van der Waals surface area contributed by atoms with Crippen molar-refractivity contribution in [3.8, 4) is 6.07 Å². The maximum Gasteiger partial charge on any atom is 0.407 e. The number of nitrogens with one attached hydrogen (secondary N) is 1.